The standard InChI is InChI=1S/C28H28N4/c1-31-12-14-32(15-13-31)19-20-6-8-21(9-7-20)23-16-25-24(10-11-27(25)29-18-23)28-17-22-4-2-3-5-26(22)30-28/h2-10,16-18,30H,11-15,19H2,1H3. The number of aromatic nitrogens is 2. The van der Waals surface area contributed by atoms with Crippen molar-refractivity contribution in [1.29, 1.82) is 0 Å². The van der Waals surface area contributed by atoms with Crippen LogP contribution < -0.4 is 0 Å². The zero-order chi connectivity index (χ0) is 21.5. The summed E-state index contributed by atoms with van der Waals surface area (Å²) in [6.07, 6.45) is 5.21. The van der Waals surface area contributed by atoms with Gasteiger partial charge in [-0.1, -0.05) is 48.5 Å². The summed E-state index contributed by atoms with van der Waals surface area (Å²) in [7, 11) is 2.20. The number of hydrogen-bond acceptors (Lipinski definition) is 3. The Balaban J connectivity index is 1.24. The van der Waals surface area contributed by atoms with Gasteiger partial charge in [-0.2, -0.15) is 0 Å². The Kier molecular flexibility index (Phi) is 4.90. The van der Waals surface area contributed by atoms with Crippen molar-refractivity contribution in [2.45, 2.75) is 13.0 Å². The predicted molar refractivity (Wildman–Crippen MR) is 132 cm³/mol. The Labute approximate surface area is 189 Å². The summed E-state index contributed by atoms with van der Waals surface area (Å²) in [5.74, 6) is 0. The van der Waals surface area contributed by atoms with Gasteiger partial charge in [-0.05, 0) is 36.4 Å². The molecule has 32 heavy (non-hydrogen) atoms. The predicted octanol–water partition coefficient (Wildman–Crippen LogP) is 4.97. The van der Waals surface area contributed by atoms with Crippen molar-refractivity contribution in [2.75, 3.05) is 33.2 Å². The van der Waals surface area contributed by atoms with Gasteiger partial charge in [0.05, 0.1) is 5.69 Å². The van der Waals surface area contributed by atoms with E-state index in [0.29, 0.717) is 0 Å². The van der Waals surface area contributed by atoms with E-state index in [-0.39, 0.29) is 0 Å². The van der Waals surface area contributed by atoms with Crippen LogP contribution in [0, 0.1) is 0 Å². The van der Waals surface area contributed by atoms with Crippen LogP contribution in [-0.2, 0) is 13.0 Å². The molecule has 1 saturated heterocycles. The summed E-state index contributed by atoms with van der Waals surface area (Å²) >= 11 is 0. The molecule has 0 radical (unpaired) electrons. The topological polar surface area (TPSA) is 35.2 Å². The fraction of sp³-hybridized carbons (Fsp3) is 0.250. The SMILES string of the molecule is CN1CCN(Cc2ccc(-c3cnc4c(c3)C(c3cc5ccccc5[nH]3)=CC4)cc2)CC1. The summed E-state index contributed by atoms with van der Waals surface area (Å²) < 4.78 is 0. The molecule has 4 nitrogen and oxygen atoms in total. The number of fused-ring (bicyclic) bond motifs is 2. The smallest absolute Gasteiger partial charge is 0.0520 e. The Hall–Kier alpha value is -3.21. The molecule has 0 unspecified atom stereocenters. The van der Waals surface area contributed by atoms with E-state index in [9.17, 15) is 0 Å². The van der Waals surface area contributed by atoms with Crippen molar-refractivity contribution in [1.82, 2.24) is 19.8 Å². The van der Waals surface area contributed by atoms with Crippen LogP contribution in [0.5, 0.6) is 0 Å². The van der Waals surface area contributed by atoms with E-state index in [0.717, 1.165) is 44.8 Å². The van der Waals surface area contributed by atoms with Crippen molar-refractivity contribution in [2.24, 2.45) is 0 Å². The molecule has 0 bridgehead atoms. The number of para-hydroxylation sites is 1. The summed E-state index contributed by atoms with van der Waals surface area (Å²) in [5, 5.41) is 1.25. The molecule has 0 spiro atoms. The van der Waals surface area contributed by atoms with Gasteiger partial charge in [0, 0.05) is 78.6 Å². The molecule has 4 aromatic rings. The fourth-order valence-electron chi connectivity index (χ4n) is 4.90. The third-order valence-corrected chi connectivity index (χ3v) is 6.87. The number of piperazine rings is 1. The number of rotatable bonds is 4. The second kappa shape index (κ2) is 8.05. The van der Waals surface area contributed by atoms with Crippen molar-refractivity contribution in [3.63, 3.8) is 0 Å². The van der Waals surface area contributed by atoms with Gasteiger partial charge in [0.25, 0.3) is 0 Å². The van der Waals surface area contributed by atoms with Gasteiger partial charge < -0.3 is 9.88 Å². The summed E-state index contributed by atoms with van der Waals surface area (Å²) in [6, 6.07) is 22.0. The molecule has 1 aliphatic heterocycles. The fourth-order valence-corrected chi connectivity index (χ4v) is 4.90. The minimum absolute atomic E-state index is 0.893. The maximum Gasteiger partial charge on any atom is 0.0520 e. The third-order valence-electron chi connectivity index (χ3n) is 6.87. The van der Waals surface area contributed by atoms with Crippen LogP contribution >= 0.6 is 0 Å². The summed E-state index contributed by atoms with van der Waals surface area (Å²) in [5.41, 5.74) is 9.81. The van der Waals surface area contributed by atoms with Gasteiger partial charge >= 0.3 is 0 Å². The maximum atomic E-state index is 4.81. The van der Waals surface area contributed by atoms with E-state index in [1.54, 1.807) is 0 Å². The normalized spacial score (nSPS) is 17.0. The lowest BCUT2D eigenvalue weighted by atomic mass is 10.00. The molecule has 0 saturated carbocycles. The summed E-state index contributed by atoms with van der Waals surface area (Å²) in [4.78, 5) is 13.3. The highest BCUT2D eigenvalue weighted by Crippen LogP contribution is 2.35. The molecule has 2 aromatic heterocycles. The number of likely N-dealkylation sites (N-methyl/N-ethyl adjacent to an activating group) is 1. The number of nitrogens with zero attached hydrogens (tertiary/aromatic N) is 3. The van der Waals surface area contributed by atoms with Crippen molar-refractivity contribution in [3.05, 3.63) is 95.5 Å². The highest BCUT2D eigenvalue weighted by molar-refractivity contribution is 5.91. The van der Waals surface area contributed by atoms with Gasteiger partial charge in [0.2, 0.25) is 0 Å². The Morgan fingerprint density at radius 2 is 1.72 bits per heavy atom. The minimum atomic E-state index is 0.893. The lowest BCUT2D eigenvalue weighted by Crippen LogP contribution is -2.43. The number of allylic oxidation sites excluding steroid dienone is 1. The zero-order valence-electron chi connectivity index (χ0n) is 18.5. The summed E-state index contributed by atoms with van der Waals surface area (Å²) in [6.45, 7) is 5.64. The second-order valence-electron chi connectivity index (χ2n) is 9.09. The first-order chi connectivity index (χ1) is 15.7. The van der Waals surface area contributed by atoms with Gasteiger partial charge in [-0.25, -0.2) is 0 Å². The molecular formula is C28H28N4. The first-order valence-corrected chi connectivity index (χ1v) is 11.5. The Bertz CT molecular complexity index is 1260. The van der Waals surface area contributed by atoms with E-state index < -0.39 is 0 Å². The van der Waals surface area contributed by atoms with Gasteiger partial charge in [-0.3, -0.25) is 9.88 Å². The molecular weight excluding hydrogens is 392 g/mol. The molecule has 0 atom stereocenters. The molecule has 2 aromatic carbocycles. The number of benzene rings is 2. The molecule has 3 heterocycles. The lowest BCUT2D eigenvalue weighted by molar-refractivity contribution is 0.148. The van der Waals surface area contributed by atoms with Crippen molar-refractivity contribution < 1.29 is 0 Å². The molecule has 4 heteroatoms. The first kappa shape index (κ1) is 19.5. The average Bonchev–Trinajstić information content (AvgIpc) is 3.44. The molecule has 2 aliphatic rings. The van der Waals surface area contributed by atoms with Gasteiger partial charge in [-0.15, -0.1) is 0 Å². The highest BCUT2D eigenvalue weighted by atomic mass is 15.2. The maximum absolute atomic E-state index is 4.81. The van der Waals surface area contributed by atoms with Crippen LogP contribution in [0.3, 0.4) is 0 Å². The Morgan fingerprint density at radius 1 is 0.906 bits per heavy atom. The Morgan fingerprint density at radius 3 is 2.53 bits per heavy atom. The van der Waals surface area contributed by atoms with E-state index in [2.05, 4.69) is 88.6 Å². The molecule has 160 valence electrons. The van der Waals surface area contributed by atoms with Crippen LogP contribution in [0.15, 0.2) is 72.9 Å². The quantitative estimate of drug-likeness (QED) is 0.507. The number of nitrogens with one attached hydrogen (secondary N) is 1. The molecule has 1 aliphatic carbocycles. The highest BCUT2D eigenvalue weighted by Gasteiger charge is 2.19. The monoisotopic (exact) mass is 420 g/mol. The van der Waals surface area contributed by atoms with Crippen LogP contribution in [0.2, 0.25) is 0 Å². The van der Waals surface area contributed by atoms with Crippen LogP contribution in [0.25, 0.3) is 27.6 Å². The molecule has 1 fully saturated rings. The number of H-pyrrole nitrogens is 1. The van der Waals surface area contributed by atoms with E-state index in [1.165, 1.54) is 44.4 Å². The largest absolute Gasteiger partial charge is 0.355 e. The molecule has 1 N–H and O–H groups in total. The van der Waals surface area contributed by atoms with E-state index in [1.807, 2.05) is 6.20 Å². The van der Waals surface area contributed by atoms with Crippen LogP contribution in [0.1, 0.15) is 22.5 Å². The average molecular weight is 421 g/mol. The lowest BCUT2D eigenvalue weighted by Gasteiger charge is -2.32. The first-order valence-electron chi connectivity index (χ1n) is 11.5. The number of pyridine rings is 1. The minimum Gasteiger partial charge on any atom is -0.355 e. The van der Waals surface area contributed by atoms with Crippen LogP contribution in [0.4, 0.5) is 0 Å². The van der Waals surface area contributed by atoms with Crippen LogP contribution in [-0.4, -0.2) is 53.0 Å². The second-order valence-corrected chi connectivity index (χ2v) is 9.09. The van der Waals surface area contributed by atoms with Gasteiger partial charge in [0.1, 0.15) is 0 Å². The van der Waals surface area contributed by atoms with E-state index >= 15 is 0 Å². The zero-order valence-corrected chi connectivity index (χ0v) is 18.5. The number of aromatic amines is 1. The van der Waals surface area contributed by atoms with E-state index in [4.69, 9.17) is 4.98 Å². The van der Waals surface area contributed by atoms with Crippen molar-refractivity contribution >= 4 is 16.5 Å². The molecule has 6 rings (SSSR count). The van der Waals surface area contributed by atoms with Gasteiger partial charge in [0.15, 0.2) is 0 Å². The number of hydrogen-bond donors (Lipinski definition) is 1. The third kappa shape index (κ3) is 3.66. The van der Waals surface area contributed by atoms with Crippen molar-refractivity contribution in [3.8, 4) is 11.1 Å². The molecule has 0 amide bonds.